The maximum Gasteiger partial charge on any atom is 0.172 e. The molecule has 11 heavy (non-hydrogen) atoms. The molecule has 1 fully saturated rings. The highest BCUT2D eigenvalue weighted by Gasteiger charge is 2.39. The third kappa shape index (κ3) is 1.52. The van der Waals surface area contributed by atoms with E-state index < -0.39 is 30.6 Å². The maximum atomic E-state index is 9.17. The minimum absolute atomic E-state index is 0.584. The van der Waals surface area contributed by atoms with Crippen LogP contribution in [-0.4, -0.2) is 46.0 Å². The highest BCUT2D eigenvalue weighted by atomic mass is 16.6. The molecular weight excluding hydrogens is 150 g/mol. The molecule has 66 valence electrons. The fraction of sp³-hybridized carbons (Fsp3) is 1.00. The van der Waals surface area contributed by atoms with Crippen molar-refractivity contribution in [2.45, 2.75) is 37.6 Å². The lowest BCUT2D eigenvalue weighted by Crippen LogP contribution is -2.60. The molecule has 1 saturated heterocycles. The average Bonchev–Trinajstić information content (AvgIpc) is 1.97. The summed E-state index contributed by atoms with van der Waals surface area (Å²) in [7, 11) is 0. The third-order valence-corrected chi connectivity index (χ3v) is 1.91. The van der Waals surface area contributed by atoms with Crippen LogP contribution in [0.2, 0.25) is 0 Å². The van der Waals surface area contributed by atoms with Gasteiger partial charge in [-0.25, -0.2) is 0 Å². The smallest absolute Gasteiger partial charge is 0.172 e. The van der Waals surface area contributed by atoms with Gasteiger partial charge in [0.25, 0.3) is 0 Å². The number of hydrogen-bond acceptors (Lipinski definition) is 5. The zero-order valence-electron chi connectivity index (χ0n) is 6.21. The van der Waals surface area contributed by atoms with Gasteiger partial charge in [0, 0.05) is 0 Å². The molecule has 1 aliphatic rings. The van der Waals surface area contributed by atoms with Gasteiger partial charge in [-0.1, -0.05) is 0 Å². The van der Waals surface area contributed by atoms with Crippen LogP contribution in [0.25, 0.3) is 0 Å². The van der Waals surface area contributed by atoms with Crippen molar-refractivity contribution in [3.63, 3.8) is 0 Å². The summed E-state index contributed by atoms with van der Waals surface area (Å²) >= 11 is 0. The van der Waals surface area contributed by atoms with Crippen molar-refractivity contribution in [2.75, 3.05) is 0 Å². The number of aliphatic hydroxyl groups excluding tert-OH is 3. The summed E-state index contributed by atoms with van der Waals surface area (Å²) in [5.74, 6) is 0. The highest BCUT2D eigenvalue weighted by Crippen LogP contribution is 2.17. The van der Waals surface area contributed by atoms with Crippen molar-refractivity contribution in [2.24, 2.45) is 5.73 Å². The van der Waals surface area contributed by atoms with E-state index in [9.17, 15) is 5.11 Å². The first kappa shape index (κ1) is 8.89. The van der Waals surface area contributed by atoms with Gasteiger partial charge in [-0.05, 0) is 6.92 Å². The molecule has 1 heterocycles. The van der Waals surface area contributed by atoms with E-state index in [0.717, 1.165) is 0 Å². The van der Waals surface area contributed by atoms with Crippen LogP contribution in [0, 0.1) is 0 Å². The first-order valence-corrected chi connectivity index (χ1v) is 3.49. The van der Waals surface area contributed by atoms with Gasteiger partial charge in [0.1, 0.15) is 12.2 Å². The molecule has 0 aromatic rings. The van der Waals surface area contributed by atoms with Crippen LogP contribution < -0.4 is 5.73 Å². The molecule has 0 unspecified atom stereocenters. The van der Waals surface area contributed by atoms with E-state index >= 15 is 0 Å². The Morgan fingerprint density at radius 1 is 1.18 bits per heavy atom. The van der Waals surface area contributed by atoms with Gasteiger partial charge < -0.3 is 25.8 Å². The average molecular weight is 163 g/mol. The van der Waals surface area contributed by atoms with E-state index in [1.807, 2.05) is 0 Å². The van der Waals surface area contributed by atoms with Gasteiger partial charge >= 0.3 is 0 Å². The van der Waals surface area contributed by atoms with Gasteiger partial charge in [0.2, 0.25) is 0 Å². The van der Waals surface area contributed by atoms with Crippen LogP contribution in [0.1, 0.15) is 6.92 Å². The molecule has 5 heteroatoms. The third-order valence-electron chi connectivity index (χ3n) is 1.91. The van der Waals surface area contributed by atoms with Crippen LogP contribution >= 0.6 is 0 Å². The summed E-state index contributed by atoms with van der Waals surface area (Å²) in [4.78, 5) is 0. The molecule has 0 aromatic heterocycles. The Morgan fingerprint density at radius 2 is 1.73 bits per heavy atom. The standard InChI is InChI=1S/C6H13NO4/c1-2-4(8)5(9)3(7)6(10)11-2/h2-6,8-10H,7H2,1H3/t2-,3-,4-,5+,6-/m0/s1. The monoisotopic (exact) mass is 163 g/mol. The zero-order valence-corrected chi connectivity index (χ0v) is 6.21. The number of ether oxygens (including phenoxy) is 1. The van der Waals surface area contributed by atoms with Gasteiger partial charge in [-0.2, -0.15) is 0 Å². The predicted molar refractivity (Wildman–Crippen MR) is 36.5 cm³/mol. The molecule has 0 aromatic carbocycles. The molecule has 5 atom stereocenters. The first-order chi connectivity index (χ1) is 5.04. The van der Waals surface area contributed by atoms with Crippen LogP contribution in [-0.2, 0) is 4.74 Å². The fourth-order valence-electron chi connectivity index (χ4n) is 1.07. The SMILES string of the molecule is C[C@@H]1O[C@H](O)[C@@H](N)[C@@H](O)[C@H]1O. The largest absolute Gasteiger partial charge is 0.388 e. The molecule has 5 nitrogen and oxygen atoms in total. The number of hydrogen-bond donors (Lipinski definition) is 4. The molecule has 0 saturated carbocycles. The van der Waals surface area contributed by atoms with E-state index in [0.29, 0.717) is 0 Å². The van der Waals surface area contributed by atoms with Crippen LogP contribution in [0.15, 0.2) is 0 Å². The Bertz CT molecular complexity index is 129. The summed E-state index contributed by atoms with van der Waals surface area (Å²) in [5.41, 5.74) is 5.29. The lowest BCUT2D eigenvalue weighted by atomic mass is 9.99. The molecule has 5 N–H and O–H groups in total. The summed E-state index contributed by atoms with van der Waals surface area (Å²) in [6.45, 7) is 1.56. The second kappa shape index (κ2) is 3.04. The molecule has 0 spiro atoms. The van der Waals surface area contributed by atoms with Crippen molar-refractivity contribution < 1.29 is 20.1 Å². The van der Waals surface area contributed by atoms with Crippen molar-refractivity contribution in [3.05, 3.63) is 0 Å². The first-order valence-electron chi connectivity index (χ1n) is 3.49. The molecule has 1 rings (SSSR count). The molecular formula is C6H13NO4. The van der Waals surface area contributed by atoms with Gasteiger partial charge in [0.05, 0.1) is 12.1 Å². The van der Waals surface area contributed by atoms with E-state index in [2.05, 4.69) is 0 Å². The number of nitrogens with two attached hydrogens (primary N) is 1. The van der Waals surface area contributed by atoms with Gasteiger partial charge in [-0.3, -0.25) is 0 Å². The van der Waals surface area contributed by atoms with Crippen LogP contribution in [0.4, 0.5) is 0 Å². The van der Waals surface area contributed by atoms with Crippen molar-refractivity contribution in [1.29, 1.82) is 0 Å². The number of aliphatic hydroxyl groups is 3. The molecule has 0 radical (unpaired) electrons. The Balaban J connectivity index is 2.63. The van der Waals surface area contributed by atoms with E-state index in [4.69, 9.17) is 20.7 Å². The summed E-state index contributed by atoms with van der Waals surface area (Å²) < 4.78 is 4.80. The van der Waals surface area contributed by atoms with E-state index in [1.54, 1.807) is 6.92 Å². The van der Waals surface area contributed by atoms with Crippen LogP contribution in [0.5, 0.6) is 0 Å². The Labute approximate surface area is 64.4 Å². The minimum Gasteiger partial charge on any atom is -0.388 e. The van der Waals surface area contributed by atoms with E-state index in [-0.39, 0.29) is 0 Å². The molecule has 0 aliphatic carbocycles. The Morgan fingerprint density at radius 3 is 2.27 bits per heavy atom. The van der Waals surface area contributed by atoms with E-state index in [1.165, 1.54) is 0 Å². The maximum absolute atomic E-state index is 9.17. The van der Waals surface area contributed by atoms with Crippen LogP contribution in [0.3, 0.4) is 0 Å². The van der Waals surface area contributed by atoms with Crippen molar-refractivity contribution in [1.82, 2.24) is 0 Å². The van der Waals surface area contributed by atoms with Gasteiger partial charge in [-0.15, -0.1) is 0 Å². The Kier molecular flexibility index (Phi) is 2.46. The Hall–Kier alpha value is -0.200. The van der Waals surface area contributed by atoms with Crippen molar-refractivity contribution in [3.8, 4) is 0 Å². The minimum atomic E-state index is -1.19. The zero-order chi connectivity index (χ0) is 8.59. The predicted octanol–water partition coefficient (Wildman–Crippen LogP) is -2.23. The van der Waals surface area contributed by atoms with Crippen molar-refractivity contribution >= 4 is 0 Å². The molecule has 1 aliphatic heterocycles. The lowest BCUT2D eigenvalue weighted by Gasteiger charge is -2.37. The topological polar surface area (TPSA) is 95.9 Å². The summed E-state index contributed by atoms with van der Waals surface area (Å²) in [5, 5.41) is 27.4. The molecule has 0 amide bonds. The fourth-order valence-corrected chi connectivity index (χ4v) is 1.07. The highest BCUT2D eigenvalue weighted by molar-refractivity contribution is 4.88. The molecule has 0 bridgehead atoms. The summed E-state index contributed by atoms with van der Waals surface area (Å²) in [6, 6.07) is -0.929. The quantitative estimate of drug-likeness (QED) is 0.324. The van der Waals surface area contributed by atoms with Gasteiger partial charge in [0.15, 0.2) is 6.29 Å². The summed E-state index contributed by atoms with van der Waals surface area (Å²) in [6.07, 6.45) is -3.91. The second-order valence-electron chi connectivity index (χ2n) is 2.79. The second-order valence-corrected chi connectivity index (χ2v) is 2.79. The normalized spacial score (nSPS) is 52.6. The number of rotatable bonds is 0. The lowest BCUT2D eigenvalue weighted by molar-refractivity contribution is -0.236.